The standard InChI is InChI=1S/C36H48N2O8/c1-36(2,3)46-35(42)33(45-25-31(39)40)32(44-23-11-10-21-37-29-17-19-30(43-4)20-18-29)34(41)38-22-9-5-6-12-26-15-16-27-13-7-8-14-28(27)24-26/h7-8,13-20,24,32-33,37H,5-6,9-12,21-23,25H2,1-4H3,(H,38,41)(H,39,40). The summed E-state index contributed by atoms with van der Waals surface area (Å²) in [4.78, 5) is 37.7. The van der Waals surface area contributed by atoms with E-state index in [-0.39, 0.29) is 6.61 Å². The highest BCUT2D eigenvalue weighted by Crippen LogP contribution is 2.19. The third-order valence-corrected chi connectivity index (χ3v) is 7.10. The Kier molecular flexibility index (Phi) is 14.8. The third kappa shape index (κ3) is 13.1. The summed E-state index contributed by atoms with van der Waals surface area (Å²) >= 11 is 0. The van der Waals surface area contributed by atoms with Gasteiger partial charge in [-0.3, -0.25) is 4.79 Å². The average molecular weight is 637 g/mol. The number of anilines is 1. The fourth-order valence-electron chi connectivity index (χ4n) is 4.82. The Hall–Kier alpha value is -4.15. The van der Waals surface area contributed by atoms with E-state index in [1.54, 1.807) is 27.9 Å². The molecule has 0 aromatic heterocycles. The van der Waals surface area contributed by atoms with Gasteiger partial charge in [-0.2, -0.15) is 0 Å². The van der Waals surface area contributed by atoms with Crippen LogP contribution in [0.3, 0.4) is 0 Å². The van der Waals surface area contributed by atoms with E-state index >= 15 is 0 Å². The molecule has 2 unspecified atom stereocenters. The largest absolute Gasteiger partial charge is 0.497 e. The number of carbonyl (C=O) groups is 3. The van der Waals surface area contributed by atoms with Gasteiger partial charge >= 0.3 is 11.9 Å². The molecule has 2 atom stereocenters. The molecule has 46 heavy (non-hydrogen) atoms. The molecule has 10 heteroatoms. The van der Waals surface area contributed by atoms with Gasteiger partial charge in [-0.15, -0.1) is 0 Å². The minimum atomic E-state index is -1.54. The lowest BCUT2D eigenvalue weighted by Gasteiger charge is -2.28. The van der Waals surface area contributed by atoms with Gasteiger partial charge in [-0.1, -0.05) is 48.9 Å². The first kappa shape index (κ1) is 36.3. The molecular weight excluding hydrogens is 588 g/mol. The molecule has 10 nitrogen and oxygen atoms in total. The highest BCUT2D eigenvalue weighted by Gasteiger charge is 2.39. The summed E-state index contributed by atoms with van der Waals surface area (Å²) in [6, 6.07) is 22.3. The highest BCUT2D eigenvalue weighted by molar-refractivity contribution is 5.89. The maximum atomic E-state index is 13.3. The number of esters is 1. The van der Waals surface area contributed by atoms with Crippen LogP contribution in [-0.2, 0) is 35.0 Å². The van der Waals surface area contributed by atoms with Crippen molar-refractivity contribution in [2.75, 3.05) is 38.7 Å². The van der Waals surface area contributed by atoms with E-state index in [4.69, 9.17) is 18.9 Å². The van der Waals surface area contributed by atoms with Gasteiger partial charge in [0.25, 0.3) is 5.91 Å². The first-order valence-corrected chi connectivity index (χ1v) is 15.9. The number of hydrogen-bond donors (Lipinski definition) is 3. The number of carboxylic acid groups (broad SMARTS) is 1. The van der Waals surface area contributed by atoms with Gasteiger partial charge in [0.15, 0.2) is 12.2 Å². The lowest BCUT2D eigenvalue weighted by atomic mass is 10.0. The Bertz CT molecular complexity index is 1390. The molecule has 0 aliphatic rings. The normalized spacial score (nSPS) is 12.7. The van der Waals surface area contributed by atoms with Crippen molar-refractivity contribution in [3.05, 3.63) is 72.3 Å². The topological polar surface area (TPSA) is 132 Å². The van der Waals surface area contributed by atoms with E-state index in [0.29, 0.717) is 19.5 Å². The number of unbranched alkanes of at least 4 members (excludes halogenated alkanes) is 3. The van der Waals surface area contributed by atoms with Crippen molar-refractivity contribution in [1.82, 2.24) is 5.32 Å². The van der Waals surface area contributed by atoms with Gasteiger partial charge in [-0.05, 0) is 93.5 Å². The second kappa shape index (κ2) is 18.7. The fraction of sp³-hybridized carbons (Fsp3) is 0.472. The molecule has 3 aromatic carbocycles. The van der Waals surface area contributed by atoms with Crippen molar-refractivity contribution in [3.63, 3.8) is 0 Å². The van der Waals surface area contributed by atoms with Crippen molar-refractivity contribution in [1.29, 1.82) is 0 Å². The van der Waals surface area contributed by atoms with Crippen LogP contribution in [0.2, 0.25) is 0 Å². The summed E-state index contributed by atoms with van der Waals surface area (Å²) in [5.74, 6) is -1.91. The number of fused-ring (bicyclic) bond motifs is 1. The molecule has 3 rings (SSSR count). The number of aryl methyl sites for hydroxylation is 1. The zero-order valence-electron chi connectivity index (χ0n) is 27.4. The van der Waals surface area contributed by atoms with Crippen LogP contribution in [0, 0.1) is 0 Å². The number of ether oxygens (including phenoxy) is 4. The molecule has 3 N–H and O–H groups in total. The van der Waals surface area contributed by atoms with E-state index in [1.165, 1.54) is 16.3 Å². The fourth-order valence-corrected chi connectivity index (χ4v) is 4.82. The van der Waals surface area contributed by atoms with Crippen LogP contribution in [-0.4, -0.2) is 74.2 Å². The van der Waals surface area contributed by atoms with Gasteiger partial charge in [0.1, 0.15) is 18.0 Å². The number of benzene rings is 3. The minimum Gasteiger partial charge on any atom is -0.497 e. The molecular formula is C36H48N2O8. The van der Waals surface area contributed by atoms with E-state index in [0.717, 1.165) is 43.5 Å². The van der Waals surface area contributed by atoms with Crippen LogP contribution in [0.1, 0.15) is 58.4 Å². The molecule has 0 aliphatic carbocycles. The Morgan fingerprint density at radius 1 is 0.804 bits per heavy atom. The van der Waals surface area contributed by atoms with Crippen molar-refractivity contribution >= 4 is 34.3 Å². The molecule has 0 heterocycles. The van der Waals surface area contributed by atoms with Crippen molar-refractivity contribution in [2.24, 2.45) is 0 Å². The van der Waals surface area contributed by atoms with E-state index in [2.05, 4.69) is 41.0 Å². The summed E-state index contributed by atoms with van der Waals surface area (Å²) in [7, 11) is 1.62. The maximum Gasteiger partial charge on any atom is 0.339 e. The summed E-state index contributed by atoms with van der Waals surface area (Å²) in [6.07, 6.45) is 1.91. The number of methoxy groups -OCH3 is 1. The molecule has 0 spiro atoms. The molecule has 0 radical (unpaired) electrons. The van der Waals surface area contributed by atoms with Gasteiger partial charge in [-0.25, -0.2) is 9.59 Å². The monoisotopic (exact) mass is 636 g/mol. The second-order valence-corrected chi connectivity index (χ2v) is 12.1. The molecule has 0 saturated heterocycles. The highest BCUT2D eigenvalue weighted by atomic mass is 16.6. The predicted molar refractivity (Wildman–Crippen MR) is 178 cm³/mol. The zero-order chi connectivity index (χ0) is 33.4. The molecule has 250 valence electrons. The van der Waals surface area contributed by atoms with Crippen LogP contribution in [0.4, 0.5) is 5.69 Å². The first-order chi connectivity index (χ1) is 22.1. The summed E-state index contributed by atoms with van der Waals surface area (Å²) in [5, 5.41) is 17.8. The lowest BCUT2D eigenvalue weighted by molar-refractivity contribution is -0.184. The molecule has 0 fully saturated rings. The number of aliphatic carboxylic acids is 1. The Balaban J connectivity index is 1.52. The van der Waals surface area contributed by atoms with Gasteiger partial charge in [0.2, 0.25) is 0 Å². The number of carbonyl (C=O) groups excluding carboxylic acids is 2. The van der Waals surface area contributed by atoms with Crippen LogP contribution in [0.15, 0.2) is 66.7 Å². The predicted octanol–water partition coefficient (Wildman–Crippen LogP) is 5.77. The van der Waals surface area contributed by atoms with E-state index in [9.17, 15) is 19.5 Å². The van der Waals surface area contributed by atoms with Crippen LogP contribution >= 0.6 is 0 Å². The maximum absolute atomic E-state index is 13.3. The van der Waals surface area contributed by atoms with Crippen molar-refractivity contribution in [2.45, 2.75) is 77.1 Å². The number of nitrogens with one attached hydrogen (secondary N) is 2. The quantitative estimate of drug-likeness (QED) is 0.105. The number of rotatable bonds is 20. The van der Waals surface area contributed by atoms with Crippen molar-refractivity contribution < 1.29 is 38.4 Å². The van der Waals surface area contributed by atoms with Gasteiger partial charge in [0.05, 0.1) is 7.11 Å². The first-order valence-electron chi connectivity index (χ1n) is 15.9. The van der Waals surface area contributed by atoms with Crippen molar-refractivity contribution in [3.8, 4) is 5.75 Å². The Labute approximate surface area is 271 Å². The van der Waals surface area contributed by atoms with Gasteiger partial charge < -0.3 is 34.7 Å². The number of carboxylic acids is 1. The molecule has 1 amide bonds. The second-order valence-electron chi connectivity index (χ2n) is 12.1. The molecule has 3 aromatic rings. The Morgan fingerprint density at radius 3 is 2.22 bits per heavy atom. The van der Waals surface area contributed by atoms with Crippen LogP contribution in [0.25, 0.3) is 10.8 Å². The average Bonchev–Trinajstić information content (AvgIpc) is 3.02. The smallest absolute Gasteiger partial charge is 0.339 e. The SMILES string of the molecule is COc1ccc(NCCCCOC(C(=O)NCCCCCc2ccc3ccccc3c2)C(OCC(=O)O)C(=O)OC(C)(C)C)cc1. The van der Waals surface area contributed by atoms with Crippen LogP contribution in [0.5, 0.6) is 5.75 Å². The van der Waals surface area contributed by atoms with Crippen LogP contribution < -0.4 is 15.4 Å². The molecule has 0 aliphatic heterocycles. The number of amides is 1. The van der Waals surface area contributed by atoms with E-state index in [1.807, 2.05) is 36.4 Å². The summed E-state index contributed by atoms with van der Waals surface area (Å²) in [5.41, 5.74) is 1.34. The number of hydrogen-bond acceptors (Lipinski definition) is 8. The summed E-state index contributed by atoms with van der Waals surface area (Å²) in [6.45, 7) is 5.47. The third-order valence-electron chi connectivity index (χ3n) is 7.10. The summed E-state index contributed by atoms with van der Waals surface area (Å²) < 4.78 is 21.9. The lowest BCUT2D eigenvalue weighted by Crippen LogP contribution is -2.51. The van der Waals surface area contributed by atoms with E-state index < -0.39 is 42.3 Å². The Morgan fingerprint density at radius 2 is 1.52 bits per heavy atom. The minimum absolute atomic E-state index is 0.157. The zero-order valence-corrected chi connectivity index (χ0v) is 27.4. The van der Waals surface area contributed by atoms with Gasteiger partial charge in [0, 0.05) is 25.4 Å². The molecule has 0 bridgehead atoms. The molecule has 0 saturated carbocycles.